The van der Waals surface area contributed by atoms with Gasteiger partial charge in [0.1, 0.15) is 0 Å². The minimum atomic E-state index is -0.243. The molecule has 0 atom stereocenters. The lowest BCUT2D eigenvalue weighted by atomic mass is 10.2. The van der Waals surface area contributed by atoms with Crippen molar-refractivity contribution >= 4 is 17.2 Å². The number of nitrogens with one attached hydrogen (secondary N) is 1. The summed E-state index contributed by atoms with van der Waals surface area (Å²) in [4.78, 5) is 20.7. The van der Waals surface area contributed by atoms with E-state index in [1.54, 1.807) is 43.0 Å². The zero-order valence-corrected chi connectivity index (χ0v) is 14.5. The van der Waals surface area contributed by atoms with Crippen LogP contribution in [0.4, 0.5) is 0 Å². The quantitative estimate of drug-likeness (QED) is 0.705. The molecule has 1 N–H and O–H groups in total. The number of benzene rings is 1. The van der Waals surface area contributed by atoms with Gasteiger partial charge in [0.2, 0.25) is 0 Å². The molecule has 2 aromatic heterocycles. The van der Waals surface area contributed by atoms with Crippen molar-refractivity contribution in [2.75, 3.05) is 13.7 Å². The molecule has 3 rings (SSSR count). The fraction of sp³-hybridized carbons (Fsp3) is 0.167. The largest absolute Gasteiger partial charge is 0.493 e. The van der Waals surface area contributed by atoms with E-state index < -0.39 is 0 Å². The molecule has 0 radical (unpaired) electrons. The molecule has 0 spiro atoms. The number of thiophene rings is 1. The van der Waals surface area contributed by atoms with Gasteiger partial charge in [0.25, 0.3) is 5.91 Å². The van der Waals surface area contributed by atoms with E-state index in [4.69, 9.17) is 9.47 Å². The maximum absolute atomic E-state index is 12.1. The van der Waals surface area contributed by atoms with E-state index >= 15 is 0 Å². The minimum Gasteiger partial charge on any atom is -0.493 e. The van der Waals surface area contributed by atoms with E-state index in [0.29, 0.717) is 17.2 Å². The molecule has 128 valence electrons. The highest BCUT2D eigenvalue weighted by atomic mass is 32.1. The molecular weight excluding hydrogens is 338 g/mol. The van der Waals surface area contributed by atoms with Gasteiger partial charge in [0.15, 0.2) is 18.1 Å². The van der Waals surface area contributed by atoms with Crippen LogP contribution in [0, 0.1) is 0 Å². The van der Waals surface area contributed by atoms with Crippen LogP contribution < -0.4 is 14.8 Å². The molecular formula is C18H17N3O3S. The van der Waals surface area contributed by atoms with Gasteiger partial charge in [-0.2, -0.15) is 11.3 Å². The van der Waals surface area contributed by atoms with Crippen molar-refractivity contribution in [3.63, 3.8) is 0 Å². The van der Waals surface area contributed by atoms with E-state index in [9.17, 15) is 4.79 Å². The summed E-state index contributed by atoms with van der Waals surface area (Å²) in [7, 11) is 1.56. The van der Waals surface area contributed by atoms with Gasteiger partial charge in [-0.3, -0.25) is 14.8 Å². The Balaban J connectivity index is 1.58. The summed E-state index contributed by atoms with van der Waals surface area (Å²) in [5.74, 6) is 0.871. The Bertz CT molecular complexity index is 837. The monoisotopic (exact) mass is 355 g/mol. The van der Waals surface area contributed by atoms with E-state index in [1.165, 1.54) is 0 Å². The molecule has 1 aromatic carbocycles. The summed E-state index contributed by atoms with van der Waals surface area (Å²) >= 11 is 1.59. The molecule has 0 fully saturated rings. The second-order valence-electron chi connectivity index (χ2n) is 5.08. The second-order valence-corrected chi connectivity index (χ2v) is 5.86. The topological polar surface area (TPSA) is 73.3 Å². The minimum absolute atomic E-state index is 0.103. The van der Waals surface area contributed by atoms with Crippen LogP contribution in [0.2, 0.25) is 0 Å². The van der Waals surface area contributed by atoms with Gasteiger partial charge < -0.3 is 14.8 Å². The van der Waals surface area contributed by atoms with Crippen molar-refractivity contribution in [2.45, 2.75) is 6.54 Å². The van der Waals surface area contributed by atoms with Gasteiger partial charge >= 0.3 is 0 Å². The Morgan fingerprint density at radius 1 is 1.16 bits per heavy atom. The molecule has 0 bridgehead atoms. The Labute approximate surface area is 149 Å². The summed E-state index contributed by atoms with van der Waals surface area (Å²) in [5.41, 5.74) is 2.48. The van der Waals surface area contributed by atoms with Crippen LogP contribution in [0.5, 0.6) is 11.5 Å². The van der Waals surface area contributed by atoms with Crippen LogP contribution in [0.15, 0.2) is 53.5 Å². The molecule has 0 unspecified atom stereocenters. The number of hydrogen-bond donors (Lipinski definition) is 1. The average Bonchev–Trinajstić information content (AvgIpc) is 3.19. The van der Waals surface area contributed by atoms with E-state index in [0.717, 1.165) is 11.3 Å². The van der Waals surface area contributed by atoms with Gasteiger partial charge in [-0.25, -0.2) is 0 Å². The highest BCUT2D eigenvalue weighted by Crippen LogP contribution is 2.25. The van der Waals surface area contributed by atoms with Gasteiger partial charge in [-0.1, -0.05) is 12.1 Å². The summed E-state index contributed by atoms with van der Waals surface area (Å²) < 4.78 is 10.7. The average molecular weight is 355 g/mol. The number of methoxy groups -OCH3 is 1. The van der Waals surface area contributed by atoms with Crippen molar-refractivity contribution in [1.29, 1.82) is 0 Å². The van der Waals surface area contributed by atoms with Crippen molar-refractivity contribution in [3.05, 3.63) is 59.2 Å². The predicted molar refractivity (Wildman–Crippen MR) is 95.7 cm³/mol. The third-order valence-corrected chi connectivity index (χ3v) is 4.13. The van der Waals surface area contributed by atoms with E-state index in [1.807, 2.05) is 29.0 Å². The van der Waals surface area contributed by atoms with Crippen LogP contribution in [-0.2, 0) is 11.3 Å². The Kier molecular flexibility index (Phi) is 5.58. The first-order chi connectivity index (χ1) is 12.3. The number of nitrogens with zero attached hydrogens (tertiary/aromatic N) is 2. The van der Waals surface area contributed by atoms with Gasteiger partial charge in [0.05, 0.1) is 25.0 Å². The number of carbonyl (C=O) groups is 1. The second kappa shape index (κ2) is 8.25. The van der Waals surface area contributed by atoms with Crippen LogP contribution >= 0.6 is 11.3 Å². The fourth-order valence-corrected chi connectivity index (χ4v) is 2.89. The molecule has 0 saturated carbocycles. The summed E-state index contributed by atoms with van der Waals surface area (Å²) in [6.07, 6.45) is 3.26. The number of para-hydroxylation sites is 2. The first-order valence-electron chi connectivity index (χ1n) is 7.63. The third-order valence-electron chi connectivity index (χ3n) is 3.45. The molecule has 1 amide bonds. The van der Waals surface area contributed by atoms with Crippen LogP contribution in [0.1, 0.15) is 5.69 Å². The van der Waals surface area contributed by atoms with Crippen LogP contribution in [0.25, 0.3) is 11.3 Å². The maximum atomic E-state index is 12.1. The van der Waals surface area contributed by atoms with Crippen molar-refractivity contribution in [2.24, 2.45) is 0 Å². The molecule has 7 heteroatoms. The maximum Gasteiger partial charge on any atom is 0.258 e. The highest BCUT2D eigenvalue weighted by Gasteiger charge is 2.11. The summed E-state index contributed by atoms with van der Waals surface area (Å²) in [5, 5.41) is 6.78. The molecule has 0 aliphatic rings. The number of hydrogen-bond acceptors (Lipinski definition) is 6. The van der Waals surface area contributed by atoms with Gasteiger partial charge in [-0.15, -0.1) is 0 Å². The zero-order chi connectivity index (χ0) is 17.5. The lowest BCUT2D eigenvalue weighted by Gasteiger charge is -2.11. The number of rotatable bonds is 7. The van der Waals surface area contributed by atoms with Crippen molar-refractivity contribution in [1.82, 2.24) is 15.3 Å². The number of carbonyl (C=O) groups excluding carboxylic acids is 1. The molecule has 6 nitrogen and oxygen atoms in total. The first kappa shape index (κ1) is 16.9. The smallest absolute Gasteiger partial charge is 0.258 e. The fourth-order valence-electron chi connectivity index (χ4n) is 2.25. The molecule has 3 aromatic rings. The summed E-state index contributed by atoms with van der Waals surface area (Å²) in [6.45, 7) is 0.182. The number of aromatic nitrogens is 2. The Hall–Kier alpha value is -2.93. The van der Waals surface area contributed by atoms with Crippen molar-refractivity contribution in [3.8, 4) is 22.8 Å². The first-order valence-corrected chi connectivity index (χ1v) is 8.57. The number of ether oxygens (including phenoxy) is 2. The molecule has 0 aliphatic carbocycles. The zero-order valence-electron chi connectivity index (χ0n) is 13.6. The SMILES string of the molecule is COc1ccccc1OCC(=O)NCc1nccnc1-c1ccsc1. The highest BCUT2D eigenvalue weighted by molar-refractivity contribution is 7.08. The van der Waals surface area contributed by atoms with Crippen LogP contribution in [0.3, 0.4) is 0 Å². The molecule has 0 aliphatic heterocycles. The van der Waals surface area contributed by atoms with E-state index in [2.05, 4.69) is 15.3 Å². The molecule has 0 saturated heterocycles. The van der Waals surface area contributed by atoms with Gasteiger partial charge in [-0.05, 0) is 23.6 Å². The van der Waals surface area contributed by atoms with Crippen LogP contribution in [-0.4, -0.2) is 29.6 Å². The van der Waals surface area contributed by atoms with E-state index in [-0.39, 0.29) is 19.1 Å². The van der Waals surface area contributed by atoms with Gasteiger partial charge in [0, 0.05) is 23.3 Å². The predicted octanol–water partition coefficient (Wildman–Crippen LogP) is 2.91. The Morgan fingerprint density at radius 2 is 1.96 bits per heavy atom. The summed E-state index contributed by atoms with van der Waals surface area (Å²) in [6, 6.07) is 9.17. The number of amides is 1. The third kappa shape index (κ3) is 4.33. The lowest BCUT2D eigenvalue weighted by molar-refractivity contribution is -0.123. The molecule has 25 heavy (non-hydrogen) atoms. The Morgan fingerprint density at radius 3 is 2.72 bits per heavy atom. The lowest BCUT2D eigenvalue weighted by Crippen LogP contribution is -2.29. The van der Waals surface area contributed by atoms with Crippen molar-refractivity contribution < 1.29 is 14.3 Å². The molecule has 2 heterocycles. The normalized spacial score (nSPS) is 10.3. The standard InChI is InChI=1S/C18H17N3O3S/c1-23-15-4-2-3-5-16(15)24-11-17(22)21-10-14-18(20-8-7-19-14)13-6-9-25-12-13/h2-9,12H,10-11H2,1H3,(H,21,22).